The van der Waals surface area contributed by atoms with Gasteiger partial charge in [-0.15, -0.1) is 0 Å². The van der Waals surface area contributed by atoms with Gasteiger partial charge in [0.25, 0.3) is 0 Å². The maximum atomic E-state index is 5.97. The van der Waals surface area contributed by atoms with E-state index in [4.69, 9.17) is 9.47 Å². The maximum Gasteiger partial charge on any atom is 0.134 e. The number of rotatable bonds is 5. The Morgan fingerprint density at radius 3 is 2.43 bits per heavy atom. The molecule has 108 valence electrons. The maximum absolute atomic E-state index is 5.97. The van der Waals surface area contributed by atoms with Crippen LogP contribution in [-0.2, 0) is 11.3 Å². The molecule has 2 nitrogen and oxygen atoms in total. The van der Waals surface area contributed by atoms with Gasteiger partial charge >= 0.3 is 0 Å². The Balaban J connectivity index is 1.50. The monoisotopic (exact) mass is 344 g/mol. The molecule has 2 atom stereocenters. The van der Waals surface area contributed by atoms with Crippen LogP contribution in [0.1, 0.15) is 12.0 Å². The molecule has 1 aliphatic rings. The Morgan fingerprint density at radius 1 is 0.905 bits per heavy atom. The van der Waals surface area contributed by atoms with Crippen LogP contribution in [0.3, 0.4) is 0 Å². The molecular weight excluding hydrogens is 328 g/mol. The number of halogens is 1. The lowest BCUT2D eigenvalue weighted by Crippen LogP contribution is -2.16. The van der Waals surface area contributed by atoms with Crippen LogP contribution in [0.25, 0.3) is 0 Å². The average Bonchev–Trinajstić information content (AvgIpc) is 2.96. The third-order valence-electron chi connectivity index (χ3n) is 3.43. The second kappa shape index (κ2) is 6.92. The first-order valence-electron chi connectivity index (χ1n) is 7.06. The van der Waals surface area contributed by atoms with E-state index in [2.05, 4.69) is 40.2 Å². The SMILES string of the molecule is Brc1ccccc1O[C@H]1C=C[C@H](OCc2ccccc2)C1. The Hall–Kier alpha value is -1.58. The van der Waals surface area contributed by atoms with E-state index in [0.717, 1.165) is 16.6 Å². The van der Waals surface area contributed by atoms with Crippen molar-refractivity contribution in [1.82, 2.24) is 0 Å². The lowest BCUT2D eigenvalue weighted by molar-refractivity contribution is 0.0563. The van der Waals surface area contributed by atoms with E-state index >= 15 is 0 Å². The fraction of sp³-hybridized carbons (Fsp3) is 0.222. The predicted molar refractivity (Wildman–Crippen MR) is 87.3 cm³/mol. The highest BCUT2D eigenvalue weighted by Crippen LogP contribution is 2.28. The Morgan fingerprint density at radius 2 is 1.62 bits per heavy atom. The molecule has 0 saturated carbocycles. The number of para-hydroxylation sites is 1. The highest BCUT2D eigenvalue weighted by molar-refractivity contribution is 9.10. The first-order valence-corrected chi connectivity index (χ1v) is 7.85. The molecule has 3 heteroatoms. The normalized spacial score (nSPS) is 20.6. The Kier molecular flexibility index (Phi) is 4.73. The zero-order chi connectivity index (χ0) is 14.5. The van der Waals surface area contributed by atoms with Crippen molar-refractivity contribution in [2.75, 3.05) is 0 Å². The summed E-state index contributed by atoms with van der Waals surface area (Å²) in [6.45, 7) is 0.637. The molecule has 1 aliphatic carbocycles. The van der Waals surface area contributed by atoms with E-state index in [1.165, 1.54) is 5.56 Å². The summed E-state index contributed by atoms with van der Waals surface area (Å²) in [6.07, 6.45) is 5.22. The van der Waals surface area contributed by atoms with Crippen LogP contribution >= 0.6 is 15.9 Å². The molecule has 0 spiro atoms. The molecule has 0 N–H and O–H groups in total. The summed E-state index contributed by atoms with van der Waals surface area (Å²) in [5, 5.41) is 0. The standard InChI is InChI=1S/C18H17BrO2/c19-17-8-4-5-9-18(17)21-16-11-10-15(12-16)20-13-14-6-2-1-3-7-14/h1-11,15-16H,12-13H2/t15-,16-/m0/s1. The van der Waals surface area contributed by atoms with Crippen molar-refractivity contribution in [3.05, 3.63) is 76.8 Å². The molecule has 0 bridgehead atoms. The minimum absolute atomic E-state index is 0.0736. The smallest absolute Gasteiger partial charge is 0.134 e. The fourth-order valence-corrected chi connectivity index (χ4v) is 2.70. The second-order valence-corrected chi connectivity index (χ2v) is 5.90. The summed E-state index contributed by atoms with van der Waals surface area (Å²) in [7, 11) is 0. The molecule has 0 fully saturated rings. The van der Waals surface area contributed by atoms with Gasteiger partial charge in [-0.3, -0.25) is 0 Å². The zero-order valence-electron chi connectivity index (χ0n) is 11.6. The number of ether oxygens (including phenoxy) is 2. The van der Waals surface area contributed by atoms with Gasteiger partial charge in [-0.25, -0.2) is 0 Å². The minimum atomic E-state index is 0.0736. The molecule has 0 unspecified atom stereocenters. The van der Waals surface area contributed by atoms with Gasteiger partial charge in [0.2, 0.25) is 0 Å². The summed E-state index contributed by atoms with van der Waals surface area (Å²) < 4.78 is 12.9. The lowest BCUT2D eigenvalue weighted by Gasteiger charge is -2.16. The Bertz CT molecular complexity index is 610. The van der Waals surface area contributed by atoms with Crippen LogP contribution < -0.4 is 4.74 Å². The van der Waals surface area contributed by atoms with Crippen molar-refractivity contribution < 1.29 is 9.47 Å². The average molecular weight is 345 g/mol. The van der Waals surface area contributed by atoms with E-state index in [1.54, 1.807) is 0 Å². The molecule has 0 radical (unpaired) electrons. The van der Waals surface area contributed by atoms with E-state index in [9.17, 15) is 0 Å². The van der Waals surface area contributed by atoms with Crippen molar-refractivity contribution in [3.63, 3.8) is 0 Å². The number of hydrogen-bond donors (Lipinski definition) is 0. The quantitative estimate of drug-likeness (QED) is 0.729. The van der Waals surface area contributed by atoms with E-state index in [-0.39, 0.29) is 12.2 Å². The van der Waals surface area contributed by atoms with Crippen molar-refractivity contribution >= 4 is 15.9 Å². The van der Waals surface area contributed by atoms with Crippen LogP contribution in [0.4, 0.5) is 0 Å². The molecule has 0 heterocycles. The van der Waals surface area contributed by atoms with Gasteiger partial charge in [-0.1, -0.05) is 48.5 Å². The summed E-state index contributed by atoms with van der Waals surface area (Å²) in [5.74, 6) is 0.871. The molecule has 0 aliphatic heterocycles. The molecule has 0 amide bonds. The van der Waals surface area contributed by atoms with Crippen molar-refractivity contribution in [2.45, 2.75) is 25.2 Å². The Labute approximate surface area is 133 Å². The third-order valence-corrected chi connectivity index (χ3v) is 4.08. The van der Waals surface area contributed by atoms with Crippen molar-refractivity contribution in [2.24, 2.45) is 0 Å². The molecule has 0 aromatic heterocycles. The van der Waals surface area contributed by atoms with Gasteiger partial charge in [-0.05, 0) is 39.7 Å². The summed E-state index contributed by atoms with van der Waals surface area (Å²) in [4.78, 5) is 0. The summed E-state index contributed by atoms with van der Waals surface area (Å²) >= 11 is 3.50. The van der Waals surface area contributed by atoms with Crippen LogP contribution in [0.15, 0.2) is 71.2 Å². The molecule has 21 heavy (non-hydrogen) atoms. The third kappa shape index (κ3) is 3.96. The molecule has 0 saturated heterocycles. The topological polar surface area (TPSA) is 18.5 Å². The van der Waals surface area contributed by atoms with Crippen LogP contribution in [0.5, 0.6) is 5.75 Å². The van der Waals surface area contributed by atoms with E-state index in [1.807, 2.05) is 42.5 Å². The largest absolute Gasteiger partial charge is 0.485 e. The first-order chi connectivity index (χ1) is 10.3. The van der Waals surface area contributed by atoms with Crippen LogP contribution in [0, 0.1) is 0 Å². The first kappa shape index (κ1) is 14.4. The van der Waals surface area contributed by atoms with Gasteiger partial charge in [0.15, 0.2) is 0 Å². The molecule has 2 aromatic rings. The zero-order valence-corrected chi connectivity index (χ0v) is 13.2. The minimum Gasteiger partial charge on any atom is -0.485 e. The van der Waals surface area contributed by atoms with Crippen molar-refractivity contribution in [1.29, 1.82) is 0 Å². The highest BCUT2D eigenvalue weighted by Gasteiger charge is 2.21. The van der Waals surface area contributed by atoms with Crippen LogP contribution in [0.2, 0.25) is 0 Å². The van der Waals surface area contributed by atoms with Gasteiger partial charge in [0.1, 0.15) is 11.9 Å². The van der Waals surface area contributed by atoms with Gasteiger partial charge < -0.3 is 9.47 Å². The fourth-order valence-electron chi connectivity index (χ4n) is 2.33. The number of hydrogen-bond acceptors (Lipinski definition) is 2. The van der Waals surface area contributed by atoms with Gasteiger partial charge in [0.05, 0.1) is 17.2 Å². The predicted octanol–water partition coefficient (Wildman–Crippen LogP) is 4.74. The molecule has 3 rings (SSSR count). The van der Waals surface area contributed by atoms with E-state index < -0.39 is 0 Å². The molecule has 2 aromatic carbocycles. The lowest BCUT2D eigenvalue weighted by atomic mass is 10.2. The second-order valence-electron chi connectivity index (χ2n) is 5.04. The van der Waals surface area contributed by atoms with Crippen molar-refractivity contribution in [3.8, 4) is 5.75 Å². The van der Waals surface area contributed by atoms with Gasteiger partial charge in [0, 0.05) is 6.42 Å². The van der Waals surface area contributed by atoms with Gasteiger partial charge in [-0.2, -0.15) is 0 Å². The highest BCUT2D eigenvalue weighted by atomic mass is 79.9. The molecular formula is C18H17BrO2. The van der Waals surface area contributed by atoms with Crippen LogP contribution in [-0.4, -0.2) is 12.2 Å². The number of benzene rings is 2. The van der Waals surface area contributed by atoms with E-state index in [0.29, 0.717) is 6.61 Å². The summed E-state index contributed by atoms with van der Waals surface area (Å²) in [6, 6.07) is 18.1. The summed E-state index contributed by atoms with van der Waals surface area (Å²) in [5.41, 5.74) is 1.20.